The van der Waals surface area contributed by atoms with E-state index in [1.807, 2.05) is 0 Å². The predicted octanol–water partition coefficient (Wildman–Crippen LogP) is 2.41. The molecule has 1 unspecified atom stereocenters. The number of hydrogen-bond donors (Lipinski definition) is 3. The van der Waals surface area contributed by atoms with Crippen molar-refractivity contribution in [3.63, 3.8) is 0 Å². The van der Waals surface area contributed by atoms with E-state index in [0.717, 1.165) is 29.4 Å². The number of nitrogens with two attached hydrogens (primary N) is 2. The van der Waals surface area contributed by atoms with Crippen molar-refractivity contribution in [1.82, 2.24) is 14.9 Å². The number of carbonyl (C=O) groups is 1. The average Bonchev–Trinajstić information content (AvgIpc) is 2.69. The molecule has 31 heavy (non-hydrogen) atoms. The molecule has 0 radical (unpaired) electrons. The molecule has 2 rings (SSSR count). The number of anilines is 1. The van der Waals surface area contributed by atoms with Gasteiger partial charge in [0.1, 0.15) is 5.75 Å². The molecule has 1 atom stereocenters. The lowest BCUT2D eigenvalue weighted by Crippen LogP contribution is -2.44. The monoisotopic (exact) mass is 442 g/mol. The molecule has 1 amide bonds. The smallest absolute Gasteiger partial charge is 0.419 e. The molecular weight excluding hydrogens is 420 g/mol. The third-order valence-electron chi connectivity index (χ3n) is 4.38. The van der Waals surface area contributed by atoms with Gasteiger partial charge in [0.2, 0.25) is 5.95 Å². The standard InChI is InChI=1S/C19H22F4N6O2/c1-11(24)10-28(7-6-12(2)29(25)18-26-8-13(20)9-27-18)17(31)14-4-3-5-15(16(14)30)19(21,22)23/h3-5,8-9,12,30H,1,6-7,10,24-25H2,2H3. The fraction of sp³-hybridized carbons (Fsp3) is 0.316. The van der Waals surface area contributed by atoms with E-state index in [9.17, 15) is 27.5 Å². The second-order valence-electron chi connectivity index (χ2n) is 6.83. The van der Waals surface area contributed by atoms with Crippen LogP contribution in [0.15, 0.2) is 42.9 Å². The lowest BCUT2D eigenvalue weighted by molar-refractivity contribution is -0.138. The number of amides is 1. The Hall–Kier alpha value is -3.41. The van der Waals surface area contributed by atoms with E-state index in [1.54, 1.807) is 6.92 Å². The van der Waals surface area contributed by atoms with Gasteiger partial charge in [-0.2, -0.15) is 13.2 Å². The molecule has 5 N–H and O–H groups in total. The van der Waals surface area contributed by atoms with Gasteiger partial charge in [0.25, 0.3) is 5.91 Å². The highest BCUT2D eigenvalue weighted by Crippen LogP contribution is 2.37. The number of hydrazine groups is 1. The Balaban J connectivity index is 2.19. The van der Waals surface area contributed by atoms with Crippen molar-refractivity contribution in [2.75, 3.05) is 18.1 Å². The number of halogens is 4. The second-order valence-corrected chi connectivity index (χ2v) is 6.83. The Morgan fingerprint density at radius 1 is 1.29 bits per heavy atom. The number of phenolic OH excluding ortho intramolecular Hbond substituents is 1. The number of carbonyl (C=O) groups excluding carboxylic acids is 1. The van der Waals surface area contributed by atoms with Crippen LogP contribution >= 0.6 is 0 Å². The molecule has 0 aliphatic heterocycles. The van der Waals surface area contributed by atoms with E-state index in [1.165, 1.54) is 5.01 Å². The van der Waals surface area contributed by atoms with Gasteiger partial charge in [0.05, 0.1) is 30.1 Å². The topological polar surface area (TPSA) is 122 Å². The van der Waals surface area contributed by atoms with E-state index in [4.69, 9.17) is 11.6 Å². The first-order chi connectivity index (χ1) is 14.4. The summed E-state index contributed by atoms with van der Waals surface area (Å²) in [7, 11) is 0. The van der Waals surface area contributed by atoms with Crippen LogP contribution in [0.25, 0.3) is 0 Å². The highest BCUT2D eigenvalue weighted by atomic mass is 19.4. The summed E-state index contributed by atoms with van der Waals surface area (Å²) in [5, 5.41) is 11.2. The quantitative estimate of drug-likeness (QED) is 0.326. The lowest BCUT2D eigenvalue weighted by atomic mass is 10.1. The highest BCUT2D eigenvalue weighted by Gasteiger charge is 2.36. The molecule has 0 fully saturated rings. The van der Waals surface area contributed by atoms with Crippen LogP contribution in [-0.2, 0) is 6.18 Å². The van der Waals surface area contributed by atoms with Gasteiger partial charge < -0.3 is 15.7 Å². The van der Waals surface area contributed by atoms with Crippen LogP contribution < -0.4 is 16.6 Å². The van der Waals surface area contributed by atoms with Crippen molar-refractivity contribution in [1.29, 1.82) is 0 Å². The van der Waals surface area contributed by atoms with Crippen LogP contribution in [0.3, 0.4) is 0 Å². The van der Waals surface area contributed by atoms with Gasteiger partial charge in [-0.3, -0.25) is 9.80 Å². The van der Waals surface area contributed by atoms with Crippen molar-refractivity contribution < 1.29 is 27.5 Å². The molecule has 0 saturated heterocycles. The summed E-state index contributed by atoms with van der Waals surface area (Å²) in [5.41, 5.74) is 3.85. The van der Waals surface area contributed by atoms with E-state index >= 15 is 0 Å². The van der Waals surface area contributed by atoms with Crippen molar-refractivity contribution in [2.45, 2.75) is 25.6 Å². The van der Waals surface area contributed by atoms with Gasteiger partial charge in [-0.15, -0.1) is 0 Å². The van der Waals surface area contributed by atoms with Gasteiger partial charge in [-0.1, -0.05) is 12.6 Å². The molecule has 1 heterocycles. The van der Waals surface area contributed by atoms with Gasteiger partial charge in [0.15, 0.2) is 5.82 Å². The maximum atomic E-state index is 13.1. The number of aromatic nitrogens is 2. The number of para-hydroxylation sites is 1. The van der Waals surface area contributed by atoms with Crippen LogP contribution in [-0.4, -0.2) is 45.0 Å². The third kappa shape index (κ3) is 6.04. The van der Waals surface area contributed by atoms with E-state index in [-0.39, 0.29) is 31.2 Å². The highest BCUT2D eigenvalue weighted by molar-refractivity contribution is 5.97. The minimum absolute atomic E-state index is 0.0147. The summed E-state index contributed by atoms with van der Waals surface area (Å²) in [6, 6.07) is 2.35. The van der Waals surface area contributed by atoms with Crippen LogP contribution in [0.2, 0.25) is 0 Å². The summed E-state index contributed by atoms with van der Waals surface area (Å²) < 4.78 is 52.1. The van der Waals surface area contributed by atoms with Crippen molar-refractivity contribution >= 4 is 11.9 Å². The maximum Gasteiger partial charge on any atom is 0.419 e. The SMILES string of the molecule is C=C(N)CN(CCC(C)N(N)c1ncc(F)cn1)C(=O)c1cccc(C(F)(F)F)c1O. The number of hydrogen-bond acceptors (Lipinski definition) is 7. The molecular formula is C19H22F4N6O2. The van der Waals surface area contributed by atoms with Crippen LogP contribution in [0.1, 0.15) is 29.3 Å². The van der Waals surface area contributed by atoms with Gasteiger partial charge in [-0.25, -0.2) is 20.2 Å². The number of aromatic hydroxyl groups is 1. The van der Waals surface area contributed by atoms with Crippen LogP contribution in [0.4, 0.5) is 23.5 Å². The molecule has 0 spiro atoms. The number of phenols is 1. The zero-order chi connectivity index (χ0) is 23.3. The minimum atomic E-state index is -4.83. The Bertz CT molecular complexity index is 936. The van der Waals surface area contributed by atoms with E-state index in [0.29, 0.717) is 6.07 Å². The Morgan fingerprint density at radius 3 is 2.45 bits per heavy atom. The summed E-state index contributed by atoms with van der Waals surface area (Å²) in [6.45, 7) is 5.07. The molecule has 12 heteroatoms. The largest absolute Gasteiger partial charge is 0.506 e. The number of rotatable bonds is 8. The summed E-state index contributed by atoms with van der Waals surface area (Å²) >= 11 is 0. The number of benzene rings is 1. The fourth-order valence-corrected chi connectivity index (χ4v) is 2.73. The number of alkyl halides is 3. The molecule has 0 bridgehead atoms. The summed E-state index contributed by atoms with van der Waals surface area (Å²) in [6.07, 6.45) is -2.71. The van der Waals surface area contributed by atoms with Crippen molar-refractivity contribution in [3.8, 4) is 5.75 Å². The average molecular weight is 442 g/mol. The molecule has 168 valence electrons. The number of nitrogens with zero attached hydrogens (tertiary/aromatic N) is 4. The molecule has 2 aromatic rings. The predicted molar refractivity (Wildman–Crippen MR) is 105 cm³/mol. The van der Waals surface area contributed by atoms with Crippen LogP contribution in [0.5, 0.6) is 5.75 Å². The van der Waals surface area contributed by atoms with E-state index < -0.39 is 40.8 Å². The first kappa shape index (κ1) is 23.9. The lowest BCUT2D eigenvalue weighted by Gasteiger charge is -2.28. The van der Waals surface area contributed by atoms with Crippen molar-refractivity contribution in [2.24, 2.45) is 11.6 Å². The van der Waals surface area contributed by atoms with Gasteiger partial charge >= 0.3 is 6.18 Å². The molecule has 1 aromatic heterocycles. The van der Waals surface area contributed by atoms with Crippen molar-refractivity contribution in [3.05, 3.63) is 59.8 Å². The summed E-state index contributed by atoms with van der Waals surface area (Å²) in [4.78, 5) is 21.5. The van der Waals surface area contributed by atoms with Gasteiger partial charge in [-0.05, 0) is 25.5 Å². The molecule has 1 aromatic carbocycles. The van der Waals surface area contributed by atoms with E-state index in [2.05, 4.69) is 16.5 Å². The normalized spacial score (nSPS) is 12.3. The maximum absolute atomic E-state index is 13.1. The Kier molecular flexibility index (Phi) is 7.39. The molecule has 0 saturated carbocycles. The van der Waals surface area contributed by atoms with Crippen LogP contribution in [0, 0.1) is 5.82 Å². The first-order valence-electron chi connectivity index (χ1n) is 9.05. The third-order valence-corrected chi connectivity index (χ3v) is 4.38. The molecule has 0 aliphatic carbocycles. The first-order valence-corrected chi connectivity index (χ1v) is 9.05. The Labute approximate surface area is 175 Å². The second kappa shape index (κ2) is 9.60. The summed E-state index contributed by atoms with van der Waals surface area (Å²) in [5.74, 6) is 3.32. The molecule has 0 aliphatic rings. The van der Waals surface area contributed by atoms with Gasteiger partial charge in [0, 0.05) is 18.3 Å². The Morgan fingerprint density at radius 2 is 1.90 bits per heavy atom. The zero-order valence-corrected chi connectivity index (χ0v) is 16.6. The molecule has 8 nitrogen and oxygen atoms in total. The zero-order valence-electron chi connectivity index (χ0n) is 16.6. The fourth-order valence-electron chi connectivity index (χ4n) is 2.73. The minimum Gasteiger partial charge on any atom is -0.506 e.